The van der Waals surface area contributed by atoms with Gasteiger partial charge in [-0.05, 0) is 24.6 Å². The van der Waals surface area contributed by atoms with Crippen LogP contribution in [0.3, 0.4) is 0 Å². The summed E-state index contributed by atoms with van der Waals surface area (Å²) >= 11 is 0. The topological polar surface area (TPSA) is 38.0 Å². The average Bonchev–Trinajstić information content (AvgIpc) is 2.97. The highest BCUT2D eigenvalue weighted by Crippen LogP contribution is 2.26. The van der Waals surface area contributed by atoms with Gasteiger partial charge < -0.3 is 5.11 Å². The molecule has 1 N–H and O–H groups in total. The number of aromatic nitrogens is 2. The molecule has 1 atom stereocenters. The number of nitrogens with zero attached hydrogens (tertiary/aromatic N) is 2. The second kappa shape index (κ2) is 5.50. The monoisotopic (exact) mass is 282 g/mol. The lowest BCUT2D eigenvalue weighted by atomic mass is 10.1. The van der Waals surface area contributed by atoms with Crippen LogP contribution in [0, 0.1) is 5.82 Å². The zero-order chi connectivity index (χ0) is 14.8. The fourth-order valence-electron chi connectivity index (χ4n) is 2.37. The second-order valence-electron chi connectivity index (χ2n) is 4.89. The van der Waals surface area contributed by atoms with E-state index in [1.807, 2.05) is 36.5 Å². The SMILES string of the molecule is C[C@@H](O)c1c(F)cccc1-n1cc(-c2ccccc2)cn1. The smallest absolute Gasteiger partial charge is 0.131 e. The molecule has 0 fully saturated rings. The van der Waals surface area contributed by atoms with Crippen molar-refractivity contribution in [3.8, 4) is 16.8 Å². The third-order valence-corrected chi connectivity index (χ3v) is 3.38. The van der Waals surface area contributed by atoms with Gasteiger partial charge in [-0.3, -0.25) is 0 Å². The molecule has 2 aromatic carbocycles. The van der Waals surface area contributed by atoms with E-state index in [2.05, 4.69) is 5.10 Å². The number of hydrogen-bond acceptors (Lipinski definition) is 2. The number of benzene rings is 2. The Bertz CT molecular complexity index is 750. The van der Waals surface area contributed by atoms with Gasteiger partial charge in [-0.25, -0.2) is 9.07 Å². The van der Waals surface area contributed by atoms with E-state index in [1.54, 1.807) is 29.9 Å². The highest BCUT2D eigenvalue weighted by atomic mass is 19.1. The van der Waals surface area contributed by atoms with Crippen molar-refractivity contribution in [2.45, 2.75) is 13.0 Å². The Morgan fingerprint density at radius 3 is 2.52 bits per heavy atom. The van der Waals surface area contributed by atoms with Gasteiger partial charge >= 0.3 is 0 Å². The molecule has 0 aliphatic carbocycles. The van der Waals surface area contributed by atoms with E-state index in [0.717, 1.165) is 11.1 Å². The fraction of sp³-hybridized carbons (Fsp3) is 0.118. The van der Waals surface area contributed by atoms with E-state index in [4.69, 9.17) is 0 Å². The Kier molecular flexibility index (Phi) is 3.54. The van der Waals surface area contributed by atoms with Crippen LogP contribution in [0.1, 0.15) is 18.6 Å². The van der Waals surface area contributed by atoms with E-state index in [9.17, 15) is 9.50 Å². The van der Waals surface area contributed by atoms with Gasteiger partial charge in [0.25, 0.3) is 0 Å². The van der Waals surface area contributed by atoms with E-state index >= 15 is 0 Å². The summed E-state index contributed by atoms with van der Waals surface area (Å²) in [6.45, 7) is 1.55. The summed E-state index contributed by atoms with van der Waals surface area (Å²) in [5, 5.41) is 14.1. The molecule has 3 aromatic rings. The first-order chi connectivity index (χ1) is 10.2. The van der Waals surface area contributed by atoms with E-state index in [0.29, 0.717) is 5.69 Å². The van der Waals surface area contributed by atoms with Crippen LogP contribution in [0.15, 0.2) is 60.9 Å². The van der Waals surface area contributed by atoms with Crippen molar-refractivity contribution in [1.82, 2.24) is 9.78 Å². The van der Waals surface area contributed by atoms with Crippen molar-refractivity contribution in [2.24, 2.45) is 0 Å². The van der Waals surface area contributed by atoms with Crippen LogP contribution in [0.25, 0.3) is 16.8 Å². The lowest BCUT2D eigenvalue weighted by Crippen LogP contribution is -2.05. The molecule has 3 nitrogen and oxygen atoms in total. The fourth-order valence-corrected chi connectivity index (χ4v) is 2.37. The summed E-state index contributed by atoms with van der Waals surface area (Å²) in [4.78, 5) is 0. The highest BCUT2D eigenvalue weighted by Gasteiger charge is 2.15. The molecular formula is C17H15FN2O. The van der Waals surface area contributed by atoms with Crippen molar-refractivity contribution < 1.29 is 9.50 Å². The van der Waals surface area contributed by atoms with Crippen LogP contribution in [-0.4, -0.2) is 14.9 Å². The van der Waals surface area contributed by atoms with Crippen LogP contribution < -0.4 is 0 Å². The Morgan fingerprint density at radius 1 is 1.05 bits per heavy atom. The number of aliphatic hydroxyl groups is 1. The molecule has 1 aromatic heterocycles. The molecule has 0 saturated heterocycles. The molecule has 21 heavy (non-hydrogen) atoms. The van der Waals surface area contributed by atoms with Crippen molar-refractivity contribution in [2.75, 3.05) is 0 Å². The minimum absolute atomic E-state index is 0.250. The van der Waals surface area contributed by atoms with Gasteiger partial charge in [-0.1, -0.05) is 36.4 Å². The molecule has 0 amide bonds. The van der Waals surface area contributed by atoms with Crippen molar-refractivity contribution in [1.29, 1.82) is 0 Å². The normalized spacial score (nSPS) is 12.3. The summed E-state index contributed by atoms with van der Waals surface area (Å²) < 4.78 is 15.5. The lowest BCUT2D eigenvalue weighted by molar-refractivity contribution is 0.194. The Hall–Kier alpha value is -2.46. The largest absolute Gasteiger partial charge is 0.389 e. The first kappa shape index (κ1) is 13.5. The predicted octanol–water partition coefficient (Wildman–Crippen LogP) is 3.73. The Balaban J connectivity index is 2.07. The van der Waals surface area contributed by atoms with Crippen LogP contribution in [0.2, 0.25) is 0 Å². The molecule has 0 unspecified atom stereocenters. The van der Waals surface area contributed by atoms with E-state index in [-0.39, 0.29) is 5.56 Å². The number of rotatable bonds is 3. The third-order valence-electron chi connectivity index (χ3n) is 3.38. The highest BCUT2D eigenvalue weighted by molar-refractivity contribution is 5.62. The predicted molar refractivity (Wildman–Crippen MR) is 79.6 cm³/mol. The molecule has 4 heteroatoms. The Morgan fingerprint density at radius 2 is 1.81 bits per heavy atom. The van der Waals surface area contributed by atoms with Crippen LogP contribution in [0.4, 0.5) is 4.39 Å². The standard InChI is InChI=1S/C17H15FN2O/c1-12(21)17-15(18)8-5-9-16(17)20-11-14(10-19-20)13-6-3-2-4-7-13/h2-12,21H,1H3/t12-/m1/s1. The molecular weight excluding hydrogens is 267 g/mol. The van der Waals surface area contributed by atoms with E-state index in [1.165, 1.54) is 6.07 Å². The minimum atomic E-state index is -0.898. The molecule has 1 heterocycles. The molecule has 0 bridgehead atoms. The van der Waals surface area contributed by atoms with Gasteiger partial charge in [0.1, 0.15) is 5.82 Å². The maximum atomic E-state index is 13.9. The molecule has 0 radical (unpaired) electrons. The average molecular weight is 282 g/mol. The van der Waals surface area contributed by atoms with Gasteiger partial charge in [0.05, 0.1) is 18.0 Å². The second-order valence-corrected chi connectivity index (χ2v) is 4.89. The minimum Gasteiger partial charge on any atom is -0.389 e. The summed E-state index contributed by atoms with van der Waals surface area (Å²) in [5.41, 5.74) is 2.78. The van der Waals surface area contributed by atoms with Crippen LogP contribution in [0.5, 0.6) is 0 Å². The molecule has 0 saturated carbocycles. The van der Waals surface area contributed by atoms with Crippen LogP contribution >= 0.6 is 0 Å². The molecule has 106 valence electrons. The summed E-state index contributed by atoms with van der Waals surface area (Å²) in [6, 6.07) is 14.5. The maximum Gasteiger partial charge on any atom is 0.131 e. The van der Waals surface area contributed by atoms with Gasteiger partial charge in [0, 0.05) is 17.3 Å². The zero-order valence-electron chi connectivity index (χ0n) is 11.6. The number of aliphatic hydroxyl groups excluding tert-OH is 1. The first-order valence-electron chi connectivity index (χ1n) is 6.74. The molecule has 0 aliphatic heterocycles. The molecule has 0 spiro atoms. The van der Waals surface area contributed by atoms with E-state index < -0.39 is 11.9 Å². The lowest BCUT2D eigenvalue weighted by Gasteiger charge is -2.12. The summed E-state index contributed by atoms with van der Waals surface area (Å²) in [5.74, 6) is -0.431. The van der Waals surface area contributed by atoms with Gasteiger partial charge in [-0.2, -0.15) is 5.10 Å². The summed E-state index contributed by atoms with van der Waals surface area (Å²) in [6.07, 6.45) is 2.66. The van der Waals surface area contributed by atoms with Crippen molar-refractivity contribution in [3.63, 3.8) is 0 Å². The molecule has 3 rings (SSSR count). The quantitative estimate of drug-likeness (QED) is 0.795. The number of halogens is 1. The first-order valence-corrected chi connectivity index (χ1v) is 6.74. The Labute approximate surface area is 122 Å². The van der Waals surface area contributed by atoms with Gasteiger partial charge in [0.15, 0.2) is 0 Å². The summed E-state index contributed by atoms with van der Waals surface area (Å²) in [7, 11) is 0. The zero-order valence-corrected chi connectivity index (χ0v) is 11.6. The van der Waals surface area contributed by atoms with Crippen LogP contribution in [-0.2, 0) is 0 Å². The number of hydrogen-bond donors (Lipinski definition) is 1. The van der Waals surface area contributed by atoms with Crippen molar-refractivity contribution >= 4 is 0 Å². The van der Waals surface area contributed by atoms with Gasteiger partial charge in [0.2, 0.25) is 0 Å². The molecule has 0 aliphatic rings. The van der Waals surface area contributed by atoms with Crippen molar-refractivity contribution in [3.05, 3.63) is 72.3 Å². The van der Waals surface area contributed by atoms with Gasteiger partial charge in [-0.15, -0.1) is 0 Å². The third kappa shape index (κ3) is 2.58. The maximum absolute atomic E-state index is 13.9.